The van der Waals surface area contributed by atoms with Crippen LogP contribution in [0.2, 0.25) is 0 Å². The molecular weight excluding hydrogens is 267 g/mol. The van der Waals surface area contributed by atoms with Crippen LogP contribution in [0.15, 0.2) is 18.5 Å². The van der Waals surface area contributed by atoms with Crippen LogP contribution in [0.4, 0.5) is 13.2 Å². The summed E-state index contributed by atoms with van der Waals surface area (Å²) in [5.74, 6) is 0.739. The molecule has 0 radical (unpaired) electrons. The zero-order chi connectivity index (χ0) is 13.2. The molecule has 0 bridgehead atoms. The SMILES string of the molecule is FC(F)(F)CCCn1c(CCl)nc2cnccc21. The van der Waals surface area contributed by atoms with E-state index in [1.54, 1.807) is 23.0 Å². The van der Waals surface area contributed by atoms with Gasteiger partial charge < -0.3 is 4.57 Å². The van der Waals surface area contributed by atoms with Crippen molar-refractivity contribution >= 4 is 22.6 Å². The van der Waals surface area contributed by atoms with Crippen molar-refractivity contribution in [2.75, 3.05) is 0 Å². The number of nitrogens with zero attached hydrogens (tertiary/aromatic N) is 3. The Bertz CT molecular complexity index is 536. The first-order valence-corrected chi connectivity index (χ1v) is 5.96. The Morgan fingerprint density at radius 3 is 2.78 bits per heavy atom. The fraction of sp³-hybridized carbons (Fsp3) is 0.455. The topological polar surface area (TPSA) is 30.7 Å². The predicted octanol–water partition coefficient (Wildman–Crippen LogP) is 3.51. The molecule has 0 spiro atoms. The lowest BCUT2D eigenvalue weighted by atomic mass is 10.3. The quantitative estimate of drug-likeness (QED) is 0.801. The zero-order valence-corrected chi connectivity index (χ0v) is 10.2. The van der Waals surface area contributed by atoms with Crippen LogP contribution in [0.1, 0.15) is 18.7 Å². The van der Waals surface area contributed by atoms with Crippen LogP contribution in [0.5, 0.6) is 0 Å². The number of hydrogen-bond acceptors (Lipinski definition) is 2. The van der Waals surface area contributed by atoms with E-state index in [0.29, 0.717) is 11.3 Å². The molecule has 0 atom stereocenters. The summed E-state index contributed by atoms with van der Waals surface area (Å²) in [5.41, 5.74) is 1.42. The van der Waals surface area contributed by atoms with Gasteiger partial charge in [-0.1, -0.05) is 0 Å². The molecule has 18 heavy (non-hydrogen) atoms. The van der Waals surface area contributed by atoms with Gasteiger partial charge in [-0.05, 0) is 12.5 Å². The van der Waals surface area contributed by atoms with Crippen molar-refractivity contribution < 1.29 is 13.2 Å². The van der Waals surface area contributed by atoms with E-state index in [9.17, 15) is 13.2 Å². The highest BCUT2D eigenvalue weighted by Crippen LogP contribution is 2.23. The fourth-order valence-corrected chi connectivity index (χ4v) is 2.02. The predicted molar refractivity (Wildman–Crippen MR) is 62.4 cm³/mol. The summed E-state index contributed by atoms with van der Waals surface area (Å²) >= 11 is 5.75. The molecular formula is C11H11ClF3N3. The molecule has 2 aromatic rings. The number of fused-ring (bicyclic) bond motifs is 1. The monoisotopic (exact) mass is 277 g/mol. The molecule has 0 N–H and O–H groups in total. The van der Waals surface area contributed by atoms with Gasteiger partial charge in [-0.2, -0.15) is 13.2 Å². The summed E-state index contributed by atoms with van der Waals surface area (Å²) in [6.07, 6.45) is -1.76. The van der Waals surface area contributed by atoms with Crippen LogP contribution in [0, 0.1) is 0 Å². The lowest BCUT2D eigenvalue weighted by molar-refractivity contribution is -0.135. The molecule has 7 heteroatoms. The molecule has 0 aliphatic heterocycles. The first-order valence-electron chi connectivity index (χ1n) is 5.43. The molecule has 2 aromatic heterocycles. The highest BCUT2D eigenvalue weighted by Gasteiger charge is 2.26. The first kappa shape index (κ1) is 13.1. The Balaban J connectivity index is 2.20. The molecule has 0 unspecified atom stereocenters. The number of aromatic nitrogens is 3. The third-order valence-corrected chi connectivity index (χ3v) is 2.83. The van der Waals surface area contributed by atoms with Crippen LogP contribution in [0.3, 0.4) is 0 Å². The number of hydrogen-bond donors (Lipinski definition) is 0. The van der Waals surface area contributed by atoms with Gasteiger partial charge >= 0.3 is 6.18 Å². The molecule has 0 fully saturated rings. The summed E-state index contributed by atoms with van der Waals surface area (Å²) in [4.78, 5) is 8.16. The van der Waals surface area contributed by atoms with Crippen LogP contribution in [0.25, 0.3) is 11.0 Å². The van der Waals surface area contributed by atoms with Crippen LogP contribution in [-0.4, -0.2) is 20.7 Å². The largest absolute Gasteiger partial charge is 0.389 e. The first-order chi connectivity index (χ1) is 8.51. The Labute approximate surface area is 107 Å². The molecule has 0 aromatic carbocycles. The minimum atomic E-state index is -4.13. The van der Waals surface area contributed by atoms with Gasteiger partial charge in [0.05, 0.1) is 17.6 Å². The smallest absolute Gasteiger partial charge is 0.327 e. The van der Waals surface area contributed by atoms with E-state index in [1.807, 2.05) is 0 Å². The minimum absolute atomic E-state index is 0.0151. The van der Waals surface area contributed by atoms with Gasteiger partial charge in [-0.25, -0.2) is 4.98 Å². The average Bonchev–Trinajstić information content (AvgIpc) is 2.66. The van der Waals surface area contributed by atoms with Gasteiger partial charge in [0.2, 0.25) is 0 Å². The van der Waals surface area contributed by atoms with Crippen molar-refractivity contribution in [1.82, 2.24) is 14.5 Å². The zero-order valence-electron chi connectivity index (χ0n) is 9.41. The van der Waals surface area contributed by atoms with Crippen molar-refractivity contribution in [3.8, 4) is 0 Å². The van der Waals surface area contributed by atoms with Crippen molar-refractivity contribution in [1.29, 1.82) is 0 Å². The summed E-state index contributed by atoms with van der Waals surface area (Å²) in [6.45, 7) is 0.252. The van der Waals surface area contributed by atoms with Gasteiger partial charge in [0.15, 0.2) is 0 Å². The summed E-state index contributed by atoms with van der Waals surface area (Å²) < 4.78 is 38.1. The number of rotatable bonds is 4. The summed E-state index contributed by atoms with van der Waals surface area (Å²) in [5, 5.41) is 0. The van der Waals surface area contributed by atoms with E-state index in [0.717, 1.165) is 5.52 Å². The number of pyridine rings is 1. The second-order valence-electron chi connectivity index (χ2n) is 3.90. The van der Waals surface area contributed by atoms with E-state index in [2.05, 4.69) is 9.97 Å². The molecule has 98 valence electrons. The third-order valence-electron chi connectivity index (χ3n) is 2.59. The molecule has 2 heterocycles. The highest BCUT2D eigenvalue weighted by molar-refractivity contribution is 6.16. The second-order valence-corrected chi connectivity index (χ2v) is 4.16. The molecule has 0 amide bonds. The van der Waals surface area contributed by atoms with Crippen LogP contribution < -0.4 is 0 Å². The van der Waals surface area contributed by atoms with E-state index in [4.69, 9.17) is 11.6 Å². The van der Waals surface area contributed by atoms with Gasteiger partial charge in [-0.15, -0.1) is 11.6 Å². The number of halogens is 4. The minimum Gasteiger partial charge on any atom is -0.327 e. The Hall–Kier alpha value is -1.30. The van der Waals surface area contributed by atoms with E-state index in [1.165, 1.54) is 0 Å². The second kappa shape index (κ2) is 5.14. The standard InChI is InChI=1S/C11H11ClF3N3/c12-6-10-17-8-7-16-4-2-9(8)18(10)5-1-3-11(13,14)15/h2,4,7H,1,3,5-6H2. The maximum atomic E-state index is 12.1. The fourth-order valence-electron chi connectivity index (χ4n) is 1.82. The van der Waals surface area contributed by atoms with Crippen molar-refractivity contribution in [3.63, 3.8) is 0 Å². The highest BCUT2D eigenvalue weighted by atomic mass is 35.5. The number of aryl methyl sites for hydroxylation is 1. The van der Waals surface area contributed by atoms with E-state index < -0.39 is 12.6 Å². The van der Waals surface area contributed by atoms with Gasteiger partial charge in [0.1, 0.15) is 11.3 Å². The number of imidazole rings is 1. The van der Waals surface area contributed by atoms with Crippen molar-refractivity contribution in [2.45, 2.75) is 31.4 Å². The van der Waals surface area contributed by atoms with Gasteiger partial charge in [-0.3, -0.25) is 4.98 Å². The third kappa shape index (κ3) is 2.93. The van der Waals surface area contributed by atoms with E-state index >= 15 is 0 Å². The summed E-state index contributed by atoms with van der Waals surface area (Å²) in [7, 11) is 0. The van der Waals surface area contributed by atoms with Crippen LogP contribution >= 0.6 is 11.6 Å². The molecule has 3 nitrogen and oxygen atoms in total. The maximum Gasteiger partial charge on any atom is 0.389 e. The summed E-state index contributed by atoms with van der Waals surface area (Å²) in [6, 6.07) is 1.73. The normalized spacial score (nSPS) is 12.2. The Morgan fingerprint density at radius 1 is 1.33 bits per heavy atom. The van der Waals surface area contributed by atoms with Crippen molar-refractivity contribution in [3.05, 3.63) is 24.3 Å². The van der Waals surface area contributed by atoms with Gasteiger partial charge in [0.25, 0.3) is 0 Å². The number of alkyl halides is 4. The maximum absolute atomic E-state index is 12.1. The lowest BCUT2D eigenvalue weighted by Gasteiger charge is -2.09. The van der Waals surface area contributed by atoms with Crippen LogP contribution in [-0.2, 0) is 12.4 Å². The molecule has 2 rings (SSSR count). The molecule has 0 saturated heterocycles. The average molecular weight is 278 g/mol. The Kier molecular flexibility index (Phi) is 3.75. The Morgan fingerprint density at radius 2 is 2.11 bits per heavy atom. The van der Waals surface area contributed by atoms with E-state index in [-0.39, 0.29) is 18.8 Å². The molecule has 0 aliphatic rings. The molecule has 0 saturated carbocycles. The molecule has 0 aliphatic carbocycles. The van der Waals surface area contributed by atoms with Crippen molar-refractivity contribution in [2.24, 2.45) is 0 Å². The van der Waals surface area contributed by atoms with Gasteiger partial charge in [0, 0.05) is 19.2 Å². The lowest BCUT2D eigenvalue weighted by Crippen LogP contribution is -2.10.